The lowest BCUT2D eigenvalue weighted by molar-refractivity contribution is 0.252. The second-order valence-electron chi connectivity index (χ2n) is 6.57. The number of nitrogens with one attached hydrogen (secondary N) is 2. The molecule has 0 saturated carbocycles. The summed E-state index contributed by atoms with van der Waals surface area (Å²) in [6.07, 6.45) is 2.95. The number of nitrogens with zero attached hydrogens (tertiary/aromatic N) is 1. The van der Waals surface area contributed by atoms with Crippen molar-refractivity contribution in [1.29, 1.82) is 0 Å². The molecule has 0 aliphatic rings. The highest BCUT2D eigenvalue weighted by atomic mass is 35.5. The Hall–Kier alpha value is -2.97. The van der Waals surface area contributed by atoms with Crippen LogP contribution in [0.25, 0.3) is 0 Å². The Balaban J connectivity index is 1.83. The first-order valence-electron chi connectivity index (χ1n) is 8.98. The van der Waals surface area contributed by atoms with Crippen molar-refractivity contribution in [3.63, 3.8) is 0 Å². The number of aromatic nitrogens is 1. The molecule has 2 N–H and O–H groups in total. The monoisotopic (exact) mass is 447 g/mol. The van der Waals surface area contributed by atoms with E-state index in [1.807, 2.05) is 0 Å². The lowest BCUT2D eigenvalue weighted by atomic mass is 10.2. The van der Waals surface area contributed by atoms with E-state index in [0.717, 1.165) is 6.07 Å². The van der Waals surface area contributed by atoms with E-state index in [0.29, 0.717) is 16.3 Å². The standard InChI is InChI=1S/C21H19ClFN3O3S/c1-14-11-18(8-9-19(14)23)30(28,29)20(15-3-2-10-24-12-15)13-25-21(27)26-17-6-4-16(22)5-7-17/h2-12,20H,13H2,1H3,(H2,25,26,27). The molecule has 1 atom stereocenters. The molecule has 0 spiro atoms. The zero-order chi connectivity index (χ0) is 21.7. The zero-order valence-electron chi connectivity index (χ0n) is 16.0. The molecule has 0 fully saturated rings. The van der Waals surface area contributed by atoms with Gasteiger partial charge in [0.15, 0.2) is 9.84 Å². The summed E-state index contributed by atoms with van der Waals surface area (Å²) < 4.78 is 40.2. The smallest absolute Gasteiger partial charge is 0.319 e. The molecular formula is C21H19ClFN3O3S. The van der Waals surface area contributed by atoms with Crippen LogP contribution in [-0.2, 0) is 9.84 Å². The molecule has 0 aliphatic heterocycles. The van der Waals surface area contributed by atoms with Crippen molar-refractivity contribution in [3.05, 3.63) is 89.0 Å². The van der Waals surface area contributed by atoms with Gasteiger partial charge in [0.1, 0.15) is 11.1 Å². The maximum absolute atomic E-state index is 13.6. The van der Waals surface area contributed by atoms with Gasteiger partial charge in [0.2, 0.25) is 0 Å². The molecule has 0 aliphatic carbocycles. The topological polar surface area (TPSA) is 88.2 Å². The Bertz CT molecular complexity index is 1140. The van der Waals surface area contributed by atoms with Crippen LogP contribution >= 0.6 is 11.6 Å². The van der Waals surface area contributed by atoms with Gasteiger partial charge in [-0.25, -0.2) is 17.6 Å². The summed E-state index contributed by atoms with van der Waals surface area (Å²) in [6, 6.07) is 12.8. The molecule has 30 heavy (non-hydrogen) atoms. The van der Waals surface area contributed by atoms with Crippen molar-refractivity contribution in [3.8, 4) is 0 Å². The van der Waals surface area contributed by atoms with Gasteiger partial charge < -0.3 is 10.6 Å². The number of hydrogen-bond acceptors (Lipinski definition) is 4. The first-order valence-corrected chi connectivity index (χ1v) is 10.9. The van der Waals surface area contributed by atoms with Crippen molar-refractivity contribution in [1.82, 2.24) is 10.3 Å². The second-order valence-corrected chi connectivity index (χ2v) is 9.14. The van der Waals surface area contributed by atoms with Gasteiger partial charge in [0, 0.05) is 29.6 Å². The third-order valence-electron chi connectivity index (χ3n) is 4.44. The van der Waals surface area contributed by atoms with E-state index in [4.69, 9.17) is 11.6 Å². The number of carbonyl (C=O) groups excluding carboxylic acids is 1. The zero-order valence-corrected chi connectivity index (χ0v) is 17.5. The van der Waals surface area contributed by atoms with Crippen molar-refractivity contribution in [2.24, 2.45) is 0 Å². The summed E-state index contributed by atoms with van der Waals surface area (Å²) in [5.74, 6) is -0.493. The maximum Gasteiger partial charge on any atom is 0.319 e. The molecule has 1 heterocycles. The van der Waals surface area contributed by atoms with Gasteiger partial charge in [-0.05, 0) is 66.6 Å². The number of sulfone groups is 1. The summed E-state index contributed by atoms with van der Waals surface area (Å²) >= 11 is 5.82. The van der Waals surface area contributed by atoms with Crippen LogP contribution in [0.5, 0.6) is 0 Å². The highest BCUT2D eigenvalue weighted by molar-refractivity contribution is 7.91. The Labute approximate surface area is 179 Å². The Kier molecular flexibility index (Phi) is 6.69. The summed E-state index contributed by atoms with van der Waals surface area (Å²) in [4.78, 5) is 16.2. The summed E-state index contributed by atoms with van der Waals surface area (Å²) in [5.41, 5.74) is 1.13. The first kappa shape index (κ1) is 21.7. The molecule has 1 unspecified atom stereocenters. The number of aryl methyl sites for hydroxylation is 1. The molecule has 2 aromatic carbocycles. The van der Waals surface area contributed by atoms with Crippen LogP contribution in [0.1, 0.15) is 16.4 Å². The number of urea groups is 1. The minimum atomic E-state index is -3.93. The number of pyridine rings is 1. The van der Waals surface area contributed by atoms with Gasteiger partial charge in [-0.1, -0.05) is 17.7 Å². The van der Waals surface area contributed by atoms with Crippen LogP contribution in [0, 0.1) is 12.7 Å². The lowest BCUT2D eigenvalue weighted by Crippen LogP contribution is -2.35. The Morgan fingerprint density at radius 1 is 1.17 bits per heavy atom. The van der Waals surface area contributed by atoms with Gasteiger partial charge in [-0.2, -0.15) is 0 Å². The van der Waals surface area contributed by atoms with E-state index in [9.17, 15) is 17.6 Å². The third kappa shape index (κ3) is 5.14. The summed E-state index contributed by atoms with van der Waals surface area (Å²) in [6.45, 7) is 1.29. The molecule has 3 aromatic rings. The highest BCUT2D eigenvalue weighted by Gasteiger charge is 2.30. The van der Waals surface area contributed by atoms with Crippen molar-refractivity contribution < 1.29 is 17.6 Å². The Morgan fingerprint density at radius 3 is 2.53 bits per heavy atom. The SMILES string of the molecule is Cc1cc(S(=O)(=O)C(CNC(=O)Nc2ccc(Cl)cc2)c2cccnc2)ccc1F. The molecule has 0 radical (unpaired) electrons. The minimum Gasteiger partial charge on any atom is -0.336 e. The molecular weight excluding hydrogens is 429 g/mol. The van der Waals surface area contributed by atoms with E-state index in [1.165, 1.54) is 31.5 Å². The van der Waals surface area contributed by atoms with E-state index < -0.39 is 26.9 Å². The van der Waals surface area contributed by atoms with Gasteiger partial charge >= 0.3 is 6.03 Å². The molecule has 2 amide bonds. The minimum absolute atomic E-state index is 0.0323. The molecule has 0 bridgehead atoms. The second kappa shape index (κ2) is 9.23. The van der Waals surface area contributed by atoms with Crippen LogP contribution < -0.4 is 10.6 Å². The number of amides is 2. The highest BCUT2D eigenvalue weighted by Crippen LogP contribution is 2.29. The molecule has 9 heteroatoms. The fourth-order valence-corrected chi connectivity index (χ4v) is 4.68. The molecule has 6 nitrogen and oxygen atoms in total. The van der Waals surface area contributed by atoms with E-state index >= 15 is 0 Å². The average molecular weight is 448 g/mol. The number of benzene rings is 2. The Morgan fingerprint density at radius 2 is 1.90 bits per heavy atom. The number of rotatable bonds is 6. The summed E-state index contributed by atoms with van der Waals surface area (Å²) in [7, 11) is -3.93. The average Bonchev–Trinajstić information content (AvgIpc) is 2.72. The van der Waals surface area contributed by atoms with E-state index in [1.54, 1.807) is 36.4 Å². The largest absolute Gasteiger partial charge is 0.336 e. The third-order valence-corrected chi connectivity index (χ3v) is 6.79. The van der Waals surface area contributed by atoms with Gasteiger partial charge in [-0.15, -0.1) is 0 Å². The fraction of sp³-hybridized carbons (Fsp3) is 0.143. The predicted molar refractivity (Wildman–Crippen MR) is 114 cm³/mol. The lowest BCUT2D eigenvalue weighted by Gasteiger charge is -2.19. The van der Waals surface area contributed by atoms with Gasteiger partial charge in [0.25, 0.3) is 0 Å². The fourth-order valence-electron chi connectivity index (χ4n) is 2.83. The maximum atomic E-state index is 13.6. The molecule has 0 saturated heterocycles. The van der Waals surface area contributed by atoms with Crippen LogP contribution in [-0.4, -0.2) is 26.0 Å². The van der Waals surface area contributed by atoms with E-state index in [2.05, 4.69) is 15.6 Å². The summed E-state index contributed by atoms with van der Waals surface area (Å²) in [5, 5.41) is 4.62. The van der Waals surface area contributed by atoms with Crippen molar-refractivity contribution in [2.45, 2.75) is 17.1 Å². The van der Waals surface area contributed by atoms with Crippen molar-refractivity contribution >= 4 is 33.2 Å². The van der Waals surface area contributed by atoms with Crippen LogP contribution in [0.4, 0.5) is 14.9 Å². The van der Waals surface area contributed by atoms with Crippen LogP contribution in [0.15, 0.2) is 71.9 Å². The number of anilines is 1. The number of halogens is 2. The van der Waals surface area contributed by atoms with Crippen LogP contribution in [0.2, 0.25) is 5.02 Å². The van der Waals surface area contributed by atoms with E-state index in [-0.39, 0.29) is 17.0 Å². The first-order chi connectivity index (χ1) is 14.3. The quantitative estimate of drug-likeness (QED) is 0.544. The van der Waals surface area contributed by atoms with Crippen LogP contribution in [0.3, 0.4) is 0 Å². The molecule has 3 rings (SSSR count). The van der Waals surface area contributed by atoms with Crippen molar-refractivity contribution in [2.75, 3.05) is 11.9 Å². The van der Waals surface area contributed by atoms with Gasteiger partial charge in [0.05, 0.1) is 4.90 Å². The number of hydrogen-bond donors (Lipinski definition) is 2. The predicted octanol–water partition coefficient (Wildman–Crippen LogP) is 4.52. The molecule has 156 valence electrons. The van der Waals surface area contributed by atoms with Gasteiger partial charge in [-0.3, -0.25) is 4.98 Å². The number of carbonyl (C=O) groups is 1. The normalized spacial score (nSPS) is 12.2. The molecule has 1 aromatic heterocycles.